The summed E-state index contributed by atoms with van der Waals surface area (Å²) in [6, 6.07) is 0. The molecule has 1 unspecified atom stereocenters. The zero-order valence-corrected chi connectivity index (χ0v) is 18.4. The third-order valence-corrected chi connectivity index (χ3v) is 3.57. The highest BCUT2D eigenvalue weighted by molar-refractivity contribution is 5.66. The number of ether oxygens (including phenoxy) is 2. The molecule has 0 aromatic rings. The van der Waals surface area contributed by atoms with Gasteiger partial charge in [0.05, 0.1) is 39.1 Å². The summed E-state index contributed by atoms with van der Waals surface area (Å²) in [6.45, 7) is 7.98. The monoisotopic (exact) mass is 410 g/mol. The molecule has 0 fully saturated rings. The molecule has 0 aliphatic rings. The second-order valence-corrected chi connectivity index (χ2v) is 6.54. The summed E-state index contributed by atoms with van der Waals surface area (Å²) < 4.78 is 9.88. The van der Waals surface area contributed by atoms with Crippen molar-refractivity contribution in [2.24, 2.45) is 0 Å². The third kappa shape index (κ3) is 44.6. The van der Waals surface area contributed by atoms with E-state index in [0.717, 1.165) is 19.4 Å². The van der Waals surface area contributed by atoms with Crippen molar-refractivity contribution in [1.82, 2.24) is 0 Å². The molecule has 0 radical (unpaired) electrons. The van der Waals surface area contributed by atoms with Crippen molar-refractivity contribution in [3.63, 3.8) is 0 Å². The fraction of sp³-hybridized carbons (Fsp3) is 0.952. The molecule has 0 aromatic heterocycles. The standard InChI is InChI=1S/C12H24O2.C6H14O3.C3H8O2/c1-2-3-4-5-6-7-8-9-10-11-12(13)14;1-2-8-5-6-9-4-3-7;1-3(5)2-4/h2-11H2,1H3,(H,13,14);7H,2-6H2,1H3;3-5H,2H2,1H3. The van der Waals surface area contributed by atoms with E-state index in [1.807, 2.05) is 6.92 Å². The average molecular weight is 411 g/mol. The zero-order chi connectivity index (χ0) is 21.9. The van der Waals surface area contributed by atoms with Gasteiger partial charge >= 0.3 is 5.97 Å². The maximum Gasteiger partial charge on any atom is 0.303 e. The lowest BCUT2D eigenvalue weighted by atomic mass is 10.1. The first-order chi connectivity index (χ1) is 13.5. The number of aliphatic hydroxyl groups is 3. The molecule has 1 atom stereocenters. The maximum atomic E-state index is 10.2. The van der Waals surface area contributed by atoms with Crippen LogP contribution in [-0.4, -0.2) is 72.1 Å². The van der Waals surface area contributed by atoms with Crippen molar-refractivity contribution in [3.05, 3.63) is 0 Å². The lowest BCUT2D eigenvalue weighted by molar-refractivity contribution is -0.137. The van der Waals surface area contributed by atoms with E-state index in [-0.39, 0.29) is 13.2 Å². The Bertz CT molecular complexity index is 267. The summed E-state index contributed by atoms with van der Waals surface area (Å²) in [6.07, 6.45) is 10.9. The number of carboxylic acids is 1. The SMILES string of the molecule is CC(O)CO.CCCCCCCCCCCC(=O)O.CCOCCOCCO. The van der Waals surface area contributed by atoms with Gasteiger partial charge in [-0.2, -0.15) is 0 Å². The molecule has 0 aliphatic heterocycles. The molecule has 7 nitrogen and oxygen atoms in total. The molecule has 172 valence electrons. The summed E-state index contributed by atoms with van der Waals surface area (Å²) in [7, 11) is 0. The van der Waals surface area contributed by atoms with Crippen LogP contribution in [0.2, 0.25) is 0 Å². The predicted molar refractivity (Wildman–Crippen MR) is 113 cm³/mol. The van der Waals surface area contributed by atoms with Crippen molar-refractivity contribution < 1.29 is 34.7 Å². The van der Waals surface area contributed by atoms with Crippen LogP contribution in [0.3, 0.4) is 0 Å². The Hall–Kier alpha value is -0.730. The van der Waals surface area contributed by atoms with E-state index in [9.17, 15) is 4.79 Å². The molecule has 4 N–H and O–H groups in total. The number of rotatable bonds is 17. The number of aliphatic carboxylic acids is 1. The van der Waals surface area contributed by atoms with Crippen molar-refractivity contribution in [2.75, 3.05) is 39.6 Å². The van der Waals surface area contributed by atoms with Crippen LogP contribution >= 0.6 is 0 Å². The van der Waals surface area contributed by atoms with Crippen molar-refractivity contribution in [3.8, 4) is 0 Å². The fourth-order valence-electron chi connectivity index (χ4n) is 2.02. The van der Waals surface area contributed by atoms with Gasteiger partial charge in [0, 0.05) is 13.0 Å². The minimum atomic E-state index is -0.659. The summed E-state index contributed by atoms with van der Waals surface area (Å²) in [5.74, 6) is -0.659. The topological polar surface area (TPSA) is 116 Å². The van der Waals surface area contributed by atoms with Crippen LogP contribution in [0.1, 0.15) is 85.0 Å². The normalized spacial score (nSPS) is 11.1. The van der Waals surface area contributed by atoms with Crippen LogP contribution < -0.4 is 0 Å². The molecule has 0 saturated carbocycles. The molecule has 28 heavy (non-hydrogen) atoms. The summed E-state index contributed by atoms with van der Waals surface area (Å²) >= 11 is 0. The summed E-state index contributed by atoms with van der Waals surface area (Å²) in [5, 5.41) is 32.7. The molecule has 0 rings (SSSR count). The van der Waals surface area contributed by atoms with E-state index < -0.39 is 12.1 Å². The van der Waals surface area contributed by atoms with Gasteiger partial charge in [-0.05, 0) is 20.3 Å². The highest BCUT2D eigenvalue weighted by Gasteiger charge is 1.96. The average Bonchev–Trinajstić information content (AvgIpc) is 2.67. The number of unbranched alkanes of at least 4 members (excludes halogenated alkanes) is 8. The van der Waals surface area contributed by atoms with E-state index in [0.29, 0.717) is 26.2 Å². The Balaban J connectivity index is -0.000000381. The second kappa shape index (κ2) is 31.0. The Morgan fingerprint density at radius 2 is 1.29 bits per heavy atom. The Morgan fingerprint density at radius 1 is 0.821 bits per heavy atom. The predicted octanol–water partition coefficient (Wildman–Crippen LogP) is 3.38. The molecule has 0 saturated heterocycles. The molecule has 0 bridgehead atoms. The number of hydrogen-bond donors (Lipinski definition) is 4. The van der Waals surface area contributed by atoms with Crippen LogP contribution in [0.15, 0.2) is 0 Å². The molecule has 0 heterocycles. The molecular weight excluding hydrogens is 364 g/mol. The smallest absolute Gasteiger partial charge is 0.303 e. The largest absolute Gasteiger partial charge is 0.481 e. The van der Waals surface area contributed by atoms with Crippen molar-refractivity contribution in [2.45, 2.75) is 91.1 Å². The number of hydrogen-bond acceptors (Lipinski definition) is 6. The van der Waals surface area contributed by atoms with Crippen LogP contribution in [-0.2, 0) is 14.3 Å². The number of carbonyl (C=O) groups is 1. The van der Waals surface area contributed by atoms with E-state index >= 15 is 0 Å². The van der Waals surface area contributed by atoms with E-state index in [2.05, 4.69) is 6.92 Å². The van der Waals surface area contributed by atoms with Crippen LogP contribution in [0.4, 0.5) is 0 Å². The number of carboxylic acid groups (broad SMARTS) is 1. The quantitative estimate of drug-likeness (QED) is 0.272. The van der Waals surface area contributed by atoms with Crippen molar-refractivity contribution in [1.29, 1.82) is 0 Å². The zero-order valence-electron chi connectivity index (χ0n) is 18.4. The highest BCUT2D eigenvalue weighted by Crippen LogP contribution is 2.10. The molecule has 7 heteroatoms. The van der Waals surface area contributed by atoms with E-state index in [4.69, 9.17) is 29.9 Å². The van der Waals surface area contributed by atoms with Gasteiger partial charge in [-0.1, -0.05) is 58.3 Å². The highest BCUT2D eigenvalue weighted by atomic mass is 16.5. The van der Waals surface area contributed by atoms with Gasteiger partial charge in [0.1, 0.15) is 0 Å². The summed E-state index contributed by atoms with van der Waals surface area (Å²) in [4.78, 5) is 10.2. The maximum absolute atomic E-state index is 10.2. The first kappa shape index (κ1) is 31.9. The van der Waals surface area contributed by atoms with Gasteiger partial charge < -0.3 is 29.9 Å². The van der Waals surface area contributed by atoms with Gasteiger partial charge in [0.25, 0.3) is 0 Å². The minimum Gasteiger partial charge on any atom is -0.481 e. The van der Waals surface area contributed by atoms with Gasteiger partial charge in [-0.25, -0.2) is 0 Å². The lowest BCUT2D eigenvalue weighted by Gasteiger charge is -2.00. The van der Waals surface area contributed by atoms with Crippen LogP contribution in [0, 0.1) is 0 Å². The molecule has 0 amide bonds. The Kier molecular flexibility index (Phi) is 35.3. The van der Waals surface area contributed by atoms with Gasteiger partial charge in [0.2, 0.25) is 0 Å². The first-order valence-electron chi connectivity index (χ1n) is 10.7. The third-order valence-electron chi connectivity index (χ3n) is 3.57. The van der Waals surface area contributed by atoms with Crippen LogP contribution in [0.5, 0.6) is 0 Å². The second-order valence-electron chi connectivity index (χ2n) is 6.54. The van der Waals surface area contributed by atoms with Gasteiger partial charge in [-0.15, -0.1) is 0 Å². The lowest BCUT2D eigenvalue weighted by Crippen LogP contribution is -2.06. The Morgan fingerprint density at radius 3 is 1.68 bits per heavy atom. The Labute approximate surface area is 172 Å². The van der Waals surface area contributed by atoms with Gasteiger partial charge in [0.15, 0.2) is 0 Å². The summed E-state index contributed by atoms with van der Waals surface area (Å²) in [5.41, 5.74) is 0. The van der Waals surface area contributed by atoms with Gasteiger partial charge in [-0.3, -0.25) is 4.79 Å². The van der Waals surface area contributed by atoms with Crippen molar-refractivity contribution >= 4 is 5.97 Å². The minimum absolute atomic E-state index is 0.0894. The fourth-order valence-corrected chi connectivity index (χ4v) is 2.02. The van der Waals surface area contributed by atoms with E-state index in [1.54, 1.807) is 0 Å². The molecular formula is C21H46O7. The molecule has 0 spiro atoms. The van der Waals surface area contributed by atoms with Crippen LogP contribution in [0.25, 0.3) is 0 Å². The first-order valence-corrected chi connectivity index (χ1v) is 10.7. The molecule has 0 aliphatic carbocycles. The van der Waals surface area contributed by atoms with E-state index in [1.165, 1.54) is 51.9 Å². The molecule has 0 aromatic carbocycles. The number of aliphatic hydroxyl groups excluding tert-OH is 3.